The molecule has 1 aromatic rings. The van der Waals surface area contributed by atoms with E-state index in [2.05, 4.69) is 11.4 Å². The standard InChI is InChI=1S/C15H15F3N2O2/c16-15(17,18)11-3-5-12(6-4-11)22-9-13(21)20-14(10-19)7-1-2-8-14/h3-6H,1-2,7-9H2,(H,20,21). The maximum atomic E-state index is 12.4. The maximum Gasteiger partial charge on any atom is 0.416 e. The highest BCUT2D eigenvalue weighted by molar-refractivity contribution is 5.79. The van der Waals surface area contributed by atoms with Crippen LogP contribution in [0.25, 0.3) is 0 Å². The van der Waals surface area contributed by atoms with Crippen LogP contribution in [-0.2, 0) is 11.0 Å². The summed E-state index contributed by atoms with van der Waals surface area (Å²) in [6.45, 7) is -0.338. The smallest absolute Gasteiger partial charge is 0.416 e. The largest absolute Gasteiger partial charge is 0.484 e. The van der Waals surface area contributed by atoms with Gasteiger partial charge in [-0.25, -0.2) is 0 Å². The second-order valence-corrected chi connectivity index (χ2v) is 5.26. The number of carbonyl (C=O) groups is 1. The van der Waals surface area contributed by atoms with Crippen LogP contribution in [0.15, 0.2) is 24.3 Å². The Morgan fingerprint density at radius 2 is 1.86 bits per heavy atom. The fourth-order valence-electron chi connectivity index (χ4n) is 2.44. The van der Waals surface area contributed by atoms with Gasteiger partial charge in [-0.1, -0.05) is 0 Å². The molecule has 0 heterocycles. The van der Waals surface area contributed by atoms with E-state index in [0.717, 1.165) is 37.1 Å². The molecule has 22 heavy (non-hydrogen) atoms. The average molecular weight is 312 g/mol. The van der Waals surface area contributed by atoms with Crippen molar-refractivity contribution in [3.8, 4) is 11.8 Å². The molecule has 0 saturated heterocycles. The molecule has 2 rings (SSSR count). The normalized spacial score (nSPS) is 16.8. The Morgan fingerprint density at radius 1 is 1.27 bits per heavy atom. The lowest BCUT2D eigenvalue weighted by atomic mass is 10.00. The zero-order valence-electron chi connectivity index (χ0n) is 11.7. The first-order chi connectivity index (χ1) is 10.3. The number of nitrogens with zero attached hydrogens (tertiary/aromatic N) is 1. The van der Waals surface area contributed by atoms with Gasteiger partial charge in [0.25, 0.3) is 5.91 Å². The van der Waals surface area contributed by atoms with Crippen molar-refractivity contribution in [2.75, 3.05) is 6.61 Å². The topological polar surface area (TPSA) is 62.1 Å². The molecular formula is C15H15F3N2O2. The van der Waals surface area contributed by atoms with Crippen LogP contribution in [0.1, 0.15) is 31.2 Å². The predicted octanol–water partition coefficient (Wildman–Crippen LogP) is 3.04. The minimum atomic E-state index is -4.41. The molecule has 0 aliphatic heterocycles. The molecular weight excluding hydrogens is 297 g/mol. The summed E-state index contributed by atoms with van der Waals surface area (Å²) in [6, 6.07) is 6.21. The molecule has 1 aliphatic carbocycles. The van der Waals surface area contributed by atoms with Gasteiger partial charge >= 0.3 is 6.18 Å². The Bertz CT molecular complexity index is 570. The van der Waals surface area contributed by atoms with Crippen molar-refractivity contribution >= 4 is 5.91 Å². The Kier molecular flexibility index (Phi) is 4.59. The molecule has 7 heteroatoms. The van der Waals surface area contributed by atoms with Crippen molar-refractivity contribution in [1.82, 2.24) is 5.32 Å². The molecule has 0 unspecified atom stereocenters. The number of ether oxygens (including phenoxy) is 1. The van der Waals surface area contributed by atoms with Gasteiger partial charge in [-0.3, -0.25) is 4.79 Å². The van der Waals surface area contributed by atoms with Gasteiger partial charge in [0, 0.05) is 0 Å². The fourth-order valence-corrected chi connectivity index (χ4v) is 2.44. The van der Waals surface area contributed by atoms with Crippen LogP contribution >= 0.6 is 0 Å². The highest BCUT2D eigenvalue weighted by Crippen LogP contribution is 2.30. The highest BCUT2D eigenvalue weighted by atomic mass is 19.4. The number of halogens is 3. The van der Waals surface area contributed by atoms with Crippen molar-refractivity contribution in [2.24, 2.45) is 0 Å². The fraction of sp³-hybridized carbons (Fsp3) is 0.467. The number of amides is 1. The molecule has 118 valence electrons. The van der Waals surface area contributed by atoms with Crippen LogP contribution in [0, 0.1) is 11.3 Å². The van der Waals surface area contributed by atoms with E-state index in [0.29, 0.717) is 12.8 Å². The van der Waals surface area contributed by atoms with E-state index < -0.39 is 23.2 Å². The lowest BCUT2D eigenvalue weighted by Crippen LogP contribution is -2.47. The van der Waals surface area contributed by atoms with Crippen molar-refractivity contribution in [1.29, 1.82) is 5.26 Å². The maximum absolute atomic E-state index is 12.4. The van der Waals surface area contributed by atoms with Gasteiger partial charge in [0.2, 0.25) is 0 Å². The first-order valence-corrected chi connectivity index (χ1v) is 6.87. The van der Waals surface area contributed by atoms with Crippen molar-refractivity contribution in [3.63, 3.8) is 0 Å². The molecule has 1 saturated carbocycles. The Labute approximate surface area is 125 Å². The number of hydrogen-bond donors (Lipinski definition) is 1. The summed E-state index contributed by atoms with van der Waals surface area (Å²) in [6.07, 6.45) is -1.43. The lowest BCUT2D eigenvalue weighted by molar-refractivity contribution is -0.137. The van der Waals surface area contributed by atoms with E-state index in [1.165, 1.54) is 0 Å². The molecule has 0 spiro atoms. The Balaban J connectivity index is 1.87. The molecule has 1 N–H and O–H groups in total. The molecule has 0 radical (unpaired) electrons. The third-order valence-corrected chi connectivity index (χ3v) is 3.60. The summed E-state index contributed by atoms with van der Waals surface area (Å²) >= 11 is 0. The summed E-state index contributed by atoms with van der Waals surface area (Å²) < 4.78 is 42.4. The van der Waals surface area contributed by atoms with Crippen LogP contribution in [0.5, 0.6) is 5.75 Å². The van der Waals surface area contributed by atoms with Gasteiger partial charge in [-0.05, 0) is 49.9 Å². The van der Waals surface area contributed by atoms with Crippen LogP contribution in [0.3, 0.4) is 0 Å². The number of benzene rings is 1. The SMILES string of the molecule is N#CC1(NC(=O)COc2ccc(C(F)(F)F)cc2)CCCC1. The first-order valence-electron chi connectivity index (χ1n) is 6.87. The molecule has 1 fully saturated rings. The summed E-state index contributed by atoms with van der Waals surface area (Å²) in [5.74, 6) is -0.288. The van der Waals surface area contributed by atoms with Crippen LogP contribution in [0.4, 0.5) is 13.2 Å². The van der Waals surface area contributed by atoms with Crippen molar-refractivity contribution < 1.29 is 22.7 Å². The molecule has 1 amide bonds. The lowest BCUT2D eigenvalue weighted by Gasteiger charge is -2.21. The minimum absolute atomic E-state index is 0.167. The Morgan fingerprint density at radius 3 is 2.36 bits per heavy atom. The number of carbonyl (C=O) groups excluding carboxylic acids is 1. The molecule has 4 nitrogen and oxygen atoms in total. The van der Waals surface area contributed by atoms with Crippen LogP contribution < -0.4 is 10.1 Å². The monoisotopic (exact) mass is 312 g/mol. The van der Waals surface area contributed by atoms with Crippen LogP contribution in [-0.4, -0.2) is 18.1 Å². The number of nitriles is 1. The third kappa shape index (κ3) is 3.91. The summed E-state index contributed by atoms with van der Waals surface area (Å²) in [4.78, 5) is 11.8. The molecule has 1 aliphatic rings. The summed E-state index contributed by atoms with van der Waals surface area (Å²) in [7, 11) is 0. The minimum Gasteiger partial charge on any atom is -0.484 e. The van der Waals surface area contributed by atoms with Gasteiger partial charge in [0.15, 0.2) is 6.61 Å². The van der Waals surface area contributed by atoms with E-state index >= 15 is 0 Å². The van der Waals surface area contributed by atoms with Gasteiger partial charge < -0.3 is 10.1 Å². The van der Waals surface area contributed by atoms with E-state index in [-0.39, 0.29) is 12.4 Å². The van der Waals surface area contributed by atoms with E-state index in [4.69, 9.17) is 10.00 Å². The molecule has 0 aromatic heterocycles. The van der Waals surface area contributed by atoms with Gasteiger partial charge in [0.1, 0.15) is 11.3 Å². The van der Waals surface area contributed by atoms with E-state index in [9.17, 15) is 18.0 Å². The zero-order valence-corrected chi connectivity index (χ0v) is 11.7. The van der Waals surface area contributed by atoms with Crippen molar-refractivity contribution in [3.05, 3.63) is 29.8 Å². The number of nitrogens with one attached hydrogen (secondary N) is 1. The number of alkyl halides is 3. The second-order valence-electron chi connectivity index (χ2n) is 5.26. The van der Waals surface area contributed by atoms with Gasteiger partial charge in [-0.2, -0.15) is 18.4 Å². The summed E-state index contributed by atoms with van der Waals surface area (Å²) in [5.41, 5.74) is -1.61. The molecule has 0 bridgehead atoms. The zero-order chi connectivity index (χ0) is 16.2. The van der Waals surface area contributed by atoms with Crippen molar-refractivity contribution in [2.45, 2.75) is 37.4 Å². The number of rotatable bonds is 4. The molecule has 1 aromatic carbocycles. The second kappa shape index (κ2) is 6.26. The molecule has 0 atom stereocenters. The van der Waals surface area contributed by atoms with E-state index in [1.807, 2.05) is 0 Å². The summed E-state index contributed by atoms with van der Waals surface area (Å²) in [5, 5.41) is 11.8. The Hall–Kier alpha value is -2.23. The quantitative estimate of drug-likeness (QED) is 0.929. The van der Waals surface area contributed by atoms with E-state index in [1.54, 1.807) is 0 Å². The van der Waals surface area contributed by atoms with Gasteiger partial charge in [-0.15, -0.1) is 0 Å². The average Bonchev–Trinajstić information content (AvgIpc) is 2.94. The van der Waals surface area contributed by atoms with Crippen LogP contribution in [0.2, 0.25) is 0 Å². The third-order valence-electron chi connectivity index (χ3n) is 3.60. The highest BCUT2D eigenvalue weighted by Gasteiger charge is 2.35. The first kappa shape index (κ1) is 16.1. The number of hydrogen-bond acceptors (Lipinski definition) is 3. The predicted molar refractivity (Wildman–Crippen MR) is 71.9 cm³/mol. The van der Waals surface area contributed by atoms with Gasteiger partial charge in [0.05, 0.1) is 11.6 Å².